The number of benzene rings is 2. The largest absolute Gasteiger partial charge is 0.361 e. The van der Waals surface area contributed by atoms with Crippen LogP contribution in [0.25, 0.3) is 0 Å². The van der Waals surface area contributed by atoms with Crippen molar-refractivity contribution >= 4 is 11.7 Å². The molecule has 1 fully saturated rings. The van der Waals surface area contributed by atoms with Crippen LogP contribution in [0.2, 0.25) is 0 Å². The standard InChI is InChI=1S/C25H32N2O3/c1-15-5-7-20(8-6-15)24(29)27-25(30)26-12-11-19-9-10-21(23(19)28)22-17(3)13-16(2)14-18(22)4/h5-8,13-14,19,21,25-26,30H,9-12H2,1-4H3,(H,27,29). The van der Waals surface area contributed by atoms with Gasteiger partial charge in [-0.3, -0.25) is 14.9 Å². The van der Waals surface area contributed by atoms with Gasteiger partial charge in [-0.25, -0.2) is 0 Å². The number of Topliss-reactive ketones (excluding diaryl/α,β-unsaturated/α-hetero) is 1. The highest BCUT2D eigenvalue weighted by Gasteiger charge is 2.36. The minimum Gasteiger partial charge on any atom is -0.361 e. The first-order valence-corrected chi connectivity index (χ1v) is 10.7. The molecule has 0 radical (unpaired) electrons. The Balaban J connectivity index is 1.49. The van der Waals surface area contributed by atoms with Crippen molar-refractivity contribution in [3.05, 3.63) is 69.8 Å². The van der Waals surface area contributed by atoms with Crippen molar-refractivity contribution in [3.8, 4) is 0 Å². The van der Waals surface area contributed by atoms with Crippen molar-refractivity contribution in [1.82, 2.24) is 10.6 Å². The molecule has 3 N–H and O–H groups in total. The van der Waals surface area contributed by atoms with E-state index < -0.39 is 6.35 Å². The molecule has 1 saturated carbocycles. The first-order valence-electron chi connectivity index (χ1n) is 10.7. The molecule has 0 saturated heterocycles. The summed E-state index contributed by atoms with van der Waals surface area (Å²) in [5.41, 5.74) is 6.37. The van der Waals surface area contributed by atoms with Gasteiger partial charge in [0.05, 0.1) is 0 Å². The zero-order valence-corrected chi connectivity index (χ0v) is 18.3. The number of carbonyl (C=O) groups is 2. The van der Waals surface area contributed by atoms with Crippen LogP contribution in [-0.2, 0) is 4.79 Å². The van der Waals surface area contributed by atoms with Gasteiger partial charge in [-0.05, 0) is 82.3 Å². The molecule has 1 aliphatic rings. The van der Waals surface area contributed by atoms with E-state index in [-0.39, 0.29) is 17.7 Å². The summed E-state index contributed by atoms with van der Waals surface area (Å²) in [5.74, 6) is -0.0771. The molecule has 3 unspecified atom stereocenters. The highest BCUT2D eigenvalue weighted by Crippen LogP contribution is 2.39. The maximum atomic E-state index is 13.0. The van der Waals surface area contributed by atoms with Gasteiger partial charge in [0.25, 0.3) is 5.91 Å². The molecule has 3 rings (SSSR count). The summed E-state index contributed by atoms with van der Waals surface area (Å²) in [5, 5.41) is 15.5. The Bertz CT molecular complexity index is 897. The Morgan fingerprint density at radius 3 is 2.30 bits per heavy atom. The zero-order valence-electron chi connectivity index (χ0n) is 18.3. The van der Waals surface area contributed by atoms with Crippen LogP contribution in [0.1, 0.15) is 63.4 Å². The lowest BCUT2D eigenvalue weighted by molar-refractivity contribution is -0.122. The fraction of sp³-hybridized carbons (Fsp3) is 0.440. The van der Waals surface area contributed by atoms with Gasteiger partial charge >= 0.3 is 0 Å². The Kier molecular flexibility index (Phi) is 7.06. The number of aryl methyl sites for hydroxylation is 4. The van der Waals surface area contributed by atoms with E-state index >= 15 is 0 Å². The topological polar surface area (TPSA) is 78.4 Å². The monoisotopic (exact) mass is 408 g/mol. The second-order valence-corrected chi connectivity index (χ2v) is 8.53. The third-order valence-corrected chi connectivity index (χ3v) is 6.05. The van der Waals surface area contributed by atoms with Gasteiger partial charge in [0.1, 0.15) is 5.78 Å². The molecule has 0 aliphatic heterocycles. The Morgan fingerprint density at radius 1 is 1.03 bits per heavy atom. The normalized spacial score (nSPS) is 19.7. The summed E-state index contributed by atoms with van der Waals surface area (Å²) < 4.78 is 0. The molecule has 3 atom stereocenters. The number of hydrogen-bond acceptors (Lipinski definition) is 4. The lowest BCUT2D eigenvalue weighted by atomic mass is 9.86. The summed E-state index contributed by atoms with van der Waals surface area (Å²) >= 11 is 0. The van der Waals surface area contributed by atoms with E-state index in [1.807, 2.05) is 19.1 Å². The number of hydrogen-bond donors (Lipinski definition) is 3. The van der Waals surface area contributed by atoms with Crippen LogP contribution in [0.15, 0.2) is 36.4 Å². The van der Waals surface area contributed by atoms with E-state index in [0.29, 0.717) is 24.3 Å². The molecule has 0 heterocycles. The van der Waals surface area contributed by atoms with Gasteiger partial charge in [0, 0.05) is 17.4 Å². The molecule has 5 nitrogen and oxygen atoms in total. The van der Waals surface area contributed by atoms with Gasteiger partial charge in [0.15, 0.2) is 6.35 Å². The molecule has 1 aliphatic carbocycles. The number of nitrogens with one attached hydrogen (secondary N) is 2. The number of amides is 1. The highest BCUT2D eigenvalue weighted by molar-refractivity contribution is 5.94. The molecule has 160 valence electrons. The van der Waals surface area contributed by atoms with Gasteiger partial charge in [-0.15, -0.1) is 0 Å². The van der Waals surface area contributed by atoms with Crippen molar-refractivity contribution < 1.29 is 14.7 Å². The SMILES string of the molecule is Cc1ccc(C(=O)NC(O)NCCC2CCC(c3c(C)cc(C)cc3C)C2=O)cc1. The molecule has 0 aromatic heterocycles. The number of carbonyl (C=O) groups excluding carboxylic acids is 2. The van der Waals surface area contributed by atoms with Gasteiger partial charge in [-0.1, -0.05) is 35.4 Å². The van der Waals surface area contributed by atoms with E-state index in [0.717, 1.165) is 18.4 Å². The van der Waals surface area contributed by atoms with E-state index in [2.05, 4.69) is 43.5 Å². The Labute approximate surface area is 178 Å². The van der Waals surface area contributed by atoms with E-state index in [1.165, 1.54) is 22.3 Å². The second-order valence-electron chi connectivity index (χ2n) is 8.53. The summed E-state index contributed by atoms with van der Waals surface area (Å²) in [7, 11) is 0. The van der Waals surface area contributed by atoms with Crippen molar-refractivity contribution in [3.63, 3.8) is 0 Å². The average molecular weight is 409 g/mol. The van der Waals surface area contributed by atoms with Crippen LogP contribution in [0.4, 0.5) is 0 Å². The molecule has 1 amide bonds. The maximum Gasteiger partial charge on any atom is 0.254 e. The van der Waals surface area contributed by atoms with E-state index in [1.54, 1.807) is 12.1 Å². The van der Waals surface area contributed by atoms with Gasteiger partial charge < -0.3 is 10.4 Å². The van der Waals surface area contributed by atoms with Gasteiger partial charge in [0.2, 0.25) is 0 Å². The van der Waals surface area contributed by atoms with Crippen molar-refractivity contribution in [2.45, 2.75) is 59.2 Å². The van der Waals surface area contributed by atoms with Gasteiger partial charge in [-0.2, -0.15) is 0 Å². The molecule has 5 heteroatoms. The fourth-order valence-electron chi connectivity index (χ4n) is 4.61. The lowest BCUT2D eigenvalue weighted by Crippen LogP contribution is -2.46. The van der Waals surface area contributed by atoms with Crippen LogP contribution in [0.3, 0.4) is 0 Å². The van der Waals surface area contributed by atoms with Crippen molar-refractivity contribution in [1.29, 1.82) is 0 Å². The summed E-state index contributed by atoms with van der Waals surface area (Å²) in [6, 6.07) is 11.5. The molecule has 2 aromatic rings. The Morgan fingerprint density at radius 2 is 1.67 bits per heavy atom. The predicted molar refractivity (Wildman–Crippen MR) is 118 cm³/mol. The average Bonchev–Trinajstić information content (AvgIpc) is 3.02. The minimum atomic E-state index is -1.15. The first-order chi connectivity index (χ1) is 14.3. The third kappa shape index (κ3) is 5.15. The molecule has 0 bridgehead atoms. The van der Waals surface area contributed by atoms with Crippen molar-refractivity contribution in [2.24, 2.45) is 5.92 Å². The summed E-state index contributed by atoms with van der Waals surface area (Å²) in [4.78, 5) is 25.2. The van der Waals surface area contributed by atoms with Crippen LogP contribution in [0, 0.1) is 33.6 Å². The lowest BCUT2D eigenvalue weighted by Gasteiger charge is -2.18. The third-order valence-electron chi connectivity index (χ3n) is 6.05. The minimum absolute atomic E-state index is 0.0115. The van der Waals surface area contributed by atoms with Crippen molar-refractivity contribution in [2.75, 3.05) is 6.54 Å². The molecular weight excluding hydrogens is 376 g/mol. The summed E-state index contributed by atoms with van der Waals surface area (Å²) in [6.07, 6.45) is 1.24. The highest BCUT2D eigenvalue weighted by atomic mass is 16.3. The predicted octanol–water partition coefficient (Wildman–Crippen LogP) is 3.67. The molecule has 30 heavy (non-hydrogen) atoms. The Hall–Kier alpha value is -2.50. The first kappa shape index (κ1) is 22.2. The zero-order chi connectivity index (χ0) is 21.8. The number of aliphatic hydroxyl groups excluding tert-OH is 1. The number of aliphatic hydroxyl groups is 1. The van der Waals surface area contributed by atoms with E-state index in [9.17, 15) is 14.7 Å². The van der Waals surface area contributed by atoms with Crippen LogP contribution in [0.5, 0.6) is 0 Å². The fourth-order valence-corrected chi connectivity index (χ4v) is 4.61. The molecule has 0 spiro atoms. The number of ketones is 1. The summed E-state index contributed by atoms with van der Waals surface area (Å²) in [6.45, 7) is 8.67. The smallest absolute Gasteiger partial charge is 0.254 e. The van der Waals surface area contributed by atoms with Crippen LogP contribution < -0.4 is 10.6 Å². The molecule has 2 aromatic carbocycles. The number of rotatable bonds is 7. The van der Waals surface area contributed by atoms with Crippen LogP contribution >= 0.6 is 0 Å². The quantitative estimate of drug-likeness (QED) is 0.611. The maximum absolute atomic E-state index is 13.0. The van der Waals surface area contributed by atoms with E-state index in [4.69, 9.17) is 0 Å². The van der Waals surface area contributed by atoms with Crippen LogP contribution in [-0.4, -0.2) is 29.7 Å². The second kappa shape index (κ2) is 9.54. The molecular formula is C25H32N2O3.